The number of hydrogen-bond acceptors (Lipinski definition) is 5. The molecule has 0 radical (unpaired) electrons. The lowest BCUT2D eigenvalue weighted by molar-refractivity contribution is 0.101. The second-order valence-corrected chi connectivity index (χ2v) is 5.95. The number of benzene rings is 1. The van der Waals surface area contributed by atoms with E-state index in [0.29, 0.717) is 24.3 Å². The lowest BCUT2D eigenvalue weighted by atomic mass is 10.1. The van der Waals surface area contributed by atoms with Crippen LogP contribution in [0.5, 0.6) is 0 Å². The summed E-state index contributed by atoms with van der Waals surface area (Å²) < 4.78 is 6.86. The number of ether oxygens (including phenoxy) is 1. The van der Waals surface area contributed by atoms with Crippen molar-refractivity contribution in [1.82, 2.24) is 3.96 Å². The van der Waals surface area contributed by atoms with E-state index in [1.807, 2.05) is 0 Å². The first-order valence-electron chi connectivity index (χ1n) is 6.78. The lowest BCUT2D eigenvalue weighted by Gasteiger charge is -2.13. The van der Waals surface area contributed by atoms with E-state index in [0.717, 1.165) is 0 Å². The van der Waals surface area contributed by atoms with Crippen LogP contribution in [-0.4, -0.2) is 28.5 Å². The summed E-state index contributed by atoms with van der Waals surface area (Å²) in [6.07, 6.45) is -0.804. The minimum atomic E-state index is -0.440. The van der Waals surface area contributed by atoms with Gasteiger partial charge in [-0.25, -0.2) is 4.79 Å². The molecule has 2 aromatic rings. The number of carbonyl (C=O) groups excluding carboxylic acids is 2. The Balaban J connectivity index is 1.73. The number of ketones is 1. The molecule has 1 aromatic carbocycles. The van der Waals surface area contributed by atoms with E-state index in [1.54, 1.807) is 33.6 Å². The normalized spacial score (nSPS) is 17.6. The number of cyclic esters (lactones) is 1. The number of anilines is 1. The van der Waals surface area contributed by atoms with E-state index in [-0.39, 0.29) is 17.4 Å². The average Bonchev–Trinajstić information content (AvgIpc) is 3.06. The maximum atomic E-state index is 12.0. The Bertz CT molecular complexity index is 762. The van der Waals surface area contributed by atoms with Crippen LogP contribution in [0.3, 0.4) is 0 Å². The molecule has 0 aliphatic carbocycles. The van der Waals surface area contributed by atoms with Crippen LogP contribution in [0.15, 0.2) is 40.5 Å². The first-order valence-corrected chi connectivity index (χ1v) is 7.62. The van der Waals surface area contributed by atoms with Crippen LogP contribution in [0.2, 0.25) is 0 Å². The Morgan fingerprint density at radius 3 is 2.59 bits per heavy atom. The predicted octanol–water partition coefficient (Wildman–Crippen LogP) is 2.14. The van der Waals surface area contributed by atoms with Crippen molar-refractivity contribution in [2.24, 2.45) is 0 Å². The number of hydrogen-bond donors (Lipinski definition) is 0. The fourth-order valence-corrected chi connectivity index (χ4v) is 3.06. The number of amides is 1. The Hall–Kier alpha value is -2.41. The number of Topliss-reactive ketones (excluding diaryl/α,β-unsaturated/α-hetero) is 1. The Morgan fingerprint density at radius 1 is 1.27 bits per heavy atom. The molecule has 2 heterocycles. The number of carbonyl (C=O) groups is 2. The summed E-state index contributed by atoms with van der Waals surface area (Å²) in [5.41, 5.74) is 1.18. The van der Waals surface area contributed by atoms with Gasteiger partial charge in [0, 0.05) is 22.7 Å². The van der Waals surface area contributed by atoms with Crippen molar-refractivity contribution < 1.29 is 14.3 Å². The van der Waals surface area contributed by atoms with Gasteiger partial charge in [-0.1, -0.05) is 11.5 Å². The molecule has 22 heavy (non-hydrogen) atoms. The SMILES string of the molecule is CC(=O)c1ccc(N2CC(Cn3sccc3=O)OC2=O)cc1. The van der Waals surface area contributed by atoms with Crippen LogP contribution in [0.4, 0.5) is 10.5 Å². The lowest BCUT2D eigenvalue weighted by Crippen LogP contribution is -2.27. The summed E-state index contributed by atoms with van der Waals surface area (Å²) in [5.74, 6) is -0.0227. The van der Waals surface area contributed by atoms with Crippen LogP contribution >= 0.6 is 11.5 Å². The second-order valence-electron chi connectivity index (χ2n) is 5.03. The molecule has 0 bridgehead atoms. The first kappa shape index (κ1) is 14.5. The zero-order chi connectivity index (χ0) is 15.7. The van der Waals surface area contributed by atoms with Crippen molar-refractivity contribution >= 4 is 29.1 Å². The molecular weight excluding hydrogens is 304 g/mol. The first-order chi connectivity index (χ1) is 10.5. The zero-order valence-electron chi connectivity index (χ0n) is 11.9. The minimum Gasteiger partial charge on any atom is -0.442 e. The molecule has 1 atom stereocenters. The fourth-order valence-electron chi connectivity index (χ4n) is 2.32. The monoisotopic (exact) mass is 318 g/mol. The molecule has 6 nitrogen and oxygen atoms in total. The molecule has 1 aromatic heterocycles. The third-order valence-electron chi connectivity index (χ3n) is 3.47. The highest BCUT2D eigenvalue weighted by Gasteiger charge is 2.32. The van der Waals surface area contributed by atoms with E-state index in [4.69, 9.17) is 4.74 Å². The third-order valence-corrected chi connectivity index (χ3v) is 4.31. The van der Waals surface area contributed by atoms with E-state index >= 15 is 0 Å². The Kier molecular flexibility index (Phi) is 3.81. The van der Waals surface area contributed by atoms with Gasteiger partial charge in [0.05, 0.1) is 13.1 Å². The van der Waals surface area contributed by atoms with E-state index in [9.17, 15) is 14.4 Å². The average molecular weight is 318 g/mol. The highest BCUT2D eigenvalue weighted by atomic mass is 32.1. The molecule has 1 unspecified atom stereocenters. The largest absolute Gasteiger partial charge is 0.442 e. The van der Waals surface area contributed by atoms with Gasteiger partial charge < -0.3 is 4.74 Å². The highest BCUT2D eigenvalue weighted by Crippen LogP contribution is 2.23. The molecule has 0 saturated carbocycles. The summed E-state index contributed by atoms with van der Waals surface area (Å²) in [5, 5.41) is 1.71. The standard InChI is InChI=1S/C15H14N2O4S/c1-10(18)11-2-4-12(5-3-11)16-8-13(21-15(16)20)9-17-14(19)6-7-22-17/h2-7,13H,8-9H2,1H3. The van der Waals surface area contributed by atoms with Gasteiger partial charge in [-0.15, -0.1) is 0 Å². The Labute approximate surface area is 130 Å². The van der Waals surface area contributed by atoms with Gasteiger partial charge in [0.25, 0.3) is 5.56 Å². The third kappa shape index (κ3) is 2.80. The molecule has 1 fully saturated rings. The molecule has 114 valence electrons. The number of rotatable bonds is 4. The highest BCUT2D eigenvalue weighted by molar-refractivity contribution is 7.04. The van der Waals surface area contributed by atoms with E-state index in [2.05, 4.69) is 0 Å². The van der Waals surface area contributed by atoms with Crippen LogP contribution < -0.4 is 10.5 Å². The van der Waals surface area contributed by atoms with Gasteiger partial charge in [0.1, 0.15) is 6.10 Å². The van der Waals surface area contributed by atoms with Gasteiger partial charge >= 0.3 is 6.09 Å². The summed E-state index contributed by atoms with van der Waals surface area (Å²) in [7, 11) is 0. The minimum absolute atomic E-state index is 0.0227. The van der Waals surface area contributed by atoms with Crippen LogP contribution in [0.1, 0.15) is 17.3 Å². The van der Waals surface area contributed by atoms with Crippen LogP contribution in [0, 0.1) is 0 Å². The maximum Gasteiger partial charge on any atom is 0.414 e. The Morgan fingerprint density at radius 2 is 2.00 bits per heavy atom. The molecular formula is C15H14N2O4S. The van der Waals surface area contributed by atoms with Crippen molar-refractivity contribution in [2.75, 3.05) is 11.4 Å². The van der Waals surface area contributed by atoms with Crippen molar-refractivity contribution in [3.05, 3.63) is 51.6 Å². The predicted molar refractivity (Wildman–Crippen MR) is 82.6 cm³/mol. The molecule has 0 spiro atoms. The molecule has 3 rings (SSSR count). The van der Waals surface area contributed by atoms with Crippen molar-refractivity contribution in [3.8, 4) is 0 Å². The van der Waals surface area contributed by atoms with E-state index in [1.165, 1.54) is 29.4 Å². The second kappa shape index (κ2) is 5.76. The van der Waals surface area contributed by atoms with Gasteiger partial charge in [-0.3, -0.25) is 18.4 Å². The van der Waals surface area contributed by atoms with Crippen molar-refractivity contribution in [1.29, 1.82) is 0 Å². The summed E-state index contributed by atoms with van der Waals surface area (Å²) in [6, 6.07) is 8.29. The number of nitrogens with zero attached hydrogens (tertiary/aromatic N) is 2. The summed E-state index contributed by atoms with van der Waals surface area (Å²) >= 11 is 1.30. The molecule has 1 aliphatic rings. The topological polar surface area (TPSA) is 68.6 Å². The maximum absolute atomic E-state index is 12.0. The molecule has 1 aliphatic heterocycles. The van der Waals surface area contributed by atoms with E-state index < -0.39 is 6.09 Å². The molecule has 0 N–H and O–H groups in total. The fraction of sp³-hybridized carbons (Fsp3) is 0.267. The van der Waals surface area contributed by atoms with Gasteiger partial charge in [-0.05, 0) is 31.2 Å². The smallest absolute Gasteiger partial charge is 0.414 e. The van der Waals surface area contributed by atoms with Crippen molar-refractivity contribution in [2.45, 2.75) is 19.6 Å². The van der Waals surface area contributed by atoms with Crippen LogP contribution in [-0.2, 0) is 11.3 Å². The zero-order valence-corrected chi connectivity index (χ0v) is 12.7. The molecule has 1 saturated heterocycles. The molecule has 7 heteroatoms. The quantitative estimate of drug-likeness (QED) is 0.810. The molecule has 1 amide bonds. The number of aromatic nitrogens is 1. The van der Waals surface area contributed by atoms with Gasteiger partial charge in [0.2, 0.25) is 0 Å². The van der Waals surface area contributed by atoms with Crippen molar-refractivity contribution in [3.63, 3.8) is 0 Å². The van der Waals surface area contributed by atoms with Crippen LogP contribution in [0.25, 0.3) is 0 Å². The summed E-state index contributed by atoms with van der Waals surface area (Å²) in [4.78, 5) is 36.3. The summed E-state index contributed by atoms with van der Waals surface area (Å²) in [6.45, 7) is 2.22. The van der Waals surface area contributed by atoms with Gasteiger partial charge in [-0.2, -0.15) is 0 Å². The van der Waals surface area contributed by atoms with Gasteiger partial charge in [0.15, 0.2) is 5.78 Å².